The third kappa shape index (κ3) is 3.72. The van der Waals surface area contributed by atoms with Gasteiger partial charge in [-0.15, -0.1) is 0 Å². The van der Waals surface area contributed by atoms with Crippen molar-refractivity contribution in [2.24, 2.45) is 17.3 Å². The van der Waals surface area contributed by atoms with Gasteiger partial charge in [-0.1, -0.05) is 34.1 Å². The van der Waals surface area contributed by atoms with Crippen molar-refractivity contribution in [1.29, 1.82) is 0 Å². The van der Waals surface area contributed by atoms with Crippen LogP contribution in [0.5, 0.6) is 0 Å². The Morgan fingerprint density at radius 1 is 1.22 bits per heavy atom. The maximum atomic E-state index is 12.2. The van der Waals surface area contributed by atoms with Crippen molar-refractivity contribution in [3.8, 4) is 0 Å². The Morgan fingerprint density at radius 2 is 1.78 bits per heavy atom. The highest BCUT2D eigenvalue weighted by molar-refractivity contribution is 5.99. The quantitative estimate of drug-likeness (QED) is 0.536. The van der Waals surface area contributed by atoms with Crippen LogP contribution in [0.3, 0.4) is 0 Å². The predicted octanol–water partition coefficient (Wildman–Crippen LogP) is 3.10. The molecule has 0 aromatic carbocycles. The Labute approximate surface area is 110 Å². The molecule has 0 aliphatic carbocycles. The minimum absolute atomic E-state index is 0.129. The van der Waals surface area contributed by atoms with Crippen molar-refractivity contribution < 1.29 is 19.4 Å². The fourth-order valence-corrected chi connectivity index (χ4v) is 2.45. The zero-order valence-corrected chi connectivity index (χ0v) is 12.2. The summed E-state index contributed by atoms with van der Waals surface area (Å²) in [5, 5.41) is 9.57. The minimum Gasteiger partial charge on any atom is -0.480 e. The van der Waals surface area contributed by atoms with Gasteiger partial charge in [-0.05, 0) is 31.6 Å². The van der Waals surface area contributed by atoms with E-state index in [1.807, 2.05) is 27.7 Å². The number of hydrogen-bond donors (Lipinski definition) is 1. The van der Waals surface area contributed by atoms with Crippen molar-refractivity contribution in [3.05, 3.63) is 0 Å². The van der Waals surface area contributed by atoms with Gasteiger partial charge >= 0.3 is 11.9 Å². The number of carboxylic acid groups (broad SMARTS) is 1. The molecule has 0 radical (unpaired) electrons. The average molecular weight is 258 g/mol. The van der Waals surface area contributed by atoms with Gasteiger partial charge in [0.05, 0.1) is 6.61 Å². The SMILES string of the molecule is CCCC(C)C(CC(C)C)(C(=O)O)C(=O)OCC. The van der Waals surface area contributed by atoms with Gasteiger partial charge in [0, 0.05) is 0 Å². The molecule has 0 saturated heterocycles. The number of carbonyl (C=O) groups is 2. The molecule has 4 nitrogen and oxygen atoms in total. The van der Waals surface area contributed by atoms with E-state index in [1.54, 1.807) is 6.92 Å². The van der Waals surface area contributed by atoms with Crippen molar-refractivity contribution in [2.45, 2.75) is 53.9 Å². The smallest absolute Gasteiger partial charge is 0.323 e. The number of rotatable bonds is 8. The molecule has 0 saturated carbocycles. The number of aliphatic carboxylic acids is 1. The first-order valence-corrected chi connectivity index (χ1v) is 6.73. The highest BCUT2D eigenvalue weighted by Crippen LogP contribution is 2.39. The van der Waals surface area contributed by atoms with Crippen LogP contribution in [0.2, 0.25) is 0 Å². The summed E-state index contributed by atoms with van der Waals surface area (Å²) in [6.45, 7) is 9.58. The third-order valence-electron chi connectivity index (χ3n) is 3.31. The first-order chi connectivity index (χ1) is 8.32. The molecule has 4 heteroatoms. The Kier molecular flexibility index (Phi) is 6.96. The molecule has 1 N–H and O–H groups in total. The van der Waals surface area contributed by atoms with Gasteiger partial charge in [-0.25, -0.2) is 0 Å². The maximum absolute atomic E-state index is 12.2. The first kappa shape index (κ1) is 16.9. The van der Waals surface area contributed by atoms with E-state index in [9.17, 15) is 14.7 Å². The van der Waals surface area contributed by atoms with Crippen LogP contribution < -0.4 is 0 Å². The summed E-state index contributed by atoms with van der Waals surface area (Å²) in [5.74, 6) is -1.74. The van der Waals surface area contributed by atoms with Crippen molar-refractivity contribution >= 4 is 11.9 Å². The summed E-state index contributed by atoms with van der Waals surface area (Å²) >= 11 is 0. The van der Waals surface area contributed by atoms with Gasteiger partial charge in [0.15, 0.2) is 5.41 Å². The van der Waals surface area contributed by atoms with Gasteiger partial charge in [-0.3, -0.25) is 9.59 Å². The normalized spacial score (nSPS) is 16.1. The molecule has 0 bridgehead atoms. The molecule has 0 fully saturated rings. The Bertz CT molecular complexity index is 286. The van der Waals surface area contributed by atoms with Crippen LogP contribution in [0.4, 0.5) is 0 Å². The van der Waals surface area contributed by atoms with Crippen molar-refractivity contribution in [1.82, 2.24) is 0 Å². The molecule has 2 unspecified atom stereocenters. The van der Waals surface area contributed by atoms with E-state index in [1.165, 1.54) is 0 Å². The summed E-state index contributed by atoms with van der Waals surface area (Å²) in [6, 6.07) is 0. The van der Waals surface area contributed by atoms with Crippen LogP contribution >= 0.6 is 0 Å². The van der Waals surface area contributed by atoms with Crippen LogP contribution in [0, 0.1) is 17.3 Å². The Balaban J connectivity index is 5.41. The molecule has 106 valence electrons. The second-order valence-electron chi connectivity index (χ2n) is 5.28. The van der Waals surface area contributed by atoms with Crippen molar-refractivity contribution in [2.75, 3.05) is 6.61 Å². The molecule has 2 atom stereocenters. The van der Waals surface area contributed by atoms with E-state index >= 15 is 0 Å². The number of hydrogen-bond acceptors (Lipinski definition) is 3. The van der Waals surface area contributed by atoms with Gasteiger partial charge in [0.2, 0.25) is 0 Å². The topological polar surface area (TPSA) is 63.6 Å². The lowest BCUT2D eigenvalue weighted by Gasteiger charge is -2.34. The minimum atomic E-state index is -1.40. The van der Waals surface area contributed by atoms with E-state index in [-0.39, 0.29) is 18.4 Å². The highest BCUT2D eigenvalue weighted by Gasteiger charge is 2.51. The Morgan fingerprint density at radius 3 is 2.11 bits per heavy atom. The predicted molar refractivity (Wildman–Crippen MR) is 70.2 cm³/mol. The van der Waals surface area contributed by atoms with Gasteiger partial charge in [0.1, 0.15) is 0 Å². The second kappa shape index (κ2) is 7.39. The molecule has 18 heavy (non-hydrogen) atoms. The fraction of sp³-hybridized carbons (Fsp3) is 0.857. The molecular weight excluding hydrogens is 232 g/mol. The van der Waals surface area contributed by atoms with Gasteiger partial charge < -0.3 is 9.84 Å². The standard InChI is InChI=1S/C14H26O4/c1-6-8-11(5)14(12(15)16,9-10(3)4)13(17)18-7-2/h10-11H,6-9H2,1-5H3,(H,15,16). The molecule has 0 spiro atoms. The third-order valence-corrected chi connectivity index (χ3v) is 3.31. The van der Waals surface area contributed by atoms with E-state index in [0.717, 1.165) is 6.42 Å². The second-order valence-corrected chi connectivity index (χ2v) is 5.28. The molecule has 0 heterocycles. The summed E-state index contributed by atoms with van der Waals surface area (Å²) in [7, 11) is 0. The average Bonchev–Trinajstić information content (AvgIpc) is 2.25. The number of ether oxygens (including phenoxy) is 1. The van der Waals surface area contributed by atoms with Gasteiger partial charge in [-0.2, -0.15) is 0 Å². The zero-order chi connectivity index (χ0) is 14.3. The lowest BCUT2D eigenvalue weighted by atomic mass is 9.69. The molecule has 0 aliphatic heterocycles. The largest absolute Gasteiger partial charge is 0.480 e. The molecule has 0 amide bonds. The molecule has 0 aromatic rings. The van der Waals surface area contributed by atoms with Crippen LogP contribution in [0.1, 0.15) is 53.9 Å². The van der Waals surface area contributed by atoms with E-state index in [0.29, 0.717) is 12.8 Å². The number of esters is 1. The fourth-order valence-electron chi connectivity index (χ4n) is 2.45. The summed E-state index contributed by atoms with van der Waals surface area (Å²) in [6.07, 6.45) is 1.88. The van der Waals surface area contributed by atoms with Crippen molar-refractivity contribution in [3.63, 3.8) is 0 Å². The van der Waals surface area contributed by atoms with E-state index in [4.69, 9.17) is 4.74 Å². The summed E-state index contributed by atoms with van der Waals surface area (Å²) in [4.78, 5) is 23.8. The number of carboxylic acids is 1. The molecule has 0 aliphatic rings. The lowest BCUT2D eigenvalue weighted by molar-refractivity contribution is -0.174. The monoisotopic (exact) mass is 258 g/mol. The van der Waals surface area contributed by atoms with Gasteiger partial charge in [0.25, 0.3) is 0 Å². The molecular formula is C14H26O4. The summed E-state index contributed by atoms with van der Waals surface area (Å²) in [5.41, 5.74) is -1.40. The first-order valence-electron chi connectivity index (χ1n) is 6.73. The van der Waals surface area contributed by atoms with Crippen LogP contribution in [-0.4, -0.2) is 23.7 Å². The zero-order valence-electron chi connectivity index (χ0n) is 12.2. The number of carbonyl (C=O) groups excluding carboxylic acids is 1. The van der Waals surface area contributed by atoms with Crippen LogP contribution in [-0.2, 0) is 14.3 Å². The van der Waals surface area contributed by atoms with E-state index in [2.05, 4.69) is 0 Å². The van der Waals surface area contributed by atoms with Crippen LogP contribution in [0.25, 0.3) is 0 Å². The Hall–Kier alpha value is -1.06. The molecule has 0 aromatic heterocycles. The lowest BCUT2D eigenvalue weighted by Crippen LogP contribution is -2.47. The highest BCUT2D eigenvalue weighted by atomic mass is 16.5. The van der Waals surface area contributed by atoms with Crippen LogP contribution in [0.15, 0.2) is 0 Å². The summed E-state index contributed by atoms with van der Waals surface area (Å²) < 4.78 is 5.02. The van der Waals surface area contributed by atoms with E-state index < -0.39 is 17.4 Å². The maximum Gasteiger partial charge on any atom is 0.323 e. The molecule has 0 rings (SSSR count).